The Morgan fingerprint density at radius 3 is 2.47 bits per heavy atom. The quantitative estimate of drug-likeness (QED) is 0.395. The predicted molar refractivity (Wildman–Crippen MR) is 92.9 cm³/mol. The van der Waals surface area contributed by atoms with Crippen molar-refractivity contribution in [3.8, 4) is 11.5 Å². The van der Waals surface area contributed by atoms with E-state index in [1.807, 2.05) is 12.1 Å². The summed E-state index contributed by atoms with van der Waals surface area (Å²) in [6, 6.07) is 6.21. The second-order valence-electron chi connectivity index (χ2n) is 4.06. The number of ether oxygens (including phenoxy) is 2. The molecule has 1 aromatic heterocycles. The molecule has 0 amide bonds. The van der Waals surface area contributed by atoms with Crippen LogP contribution in [0.4, 0.5) is 0 Å². The zero-order valence-electron chi connectivity index (χ0n) is 9.66. The average molecular weight is 516 g/mol. The van der Waals surface area contributed by atoms with Crippen molar-refractivity contribution in [3.63, 3.8) is 0 Å². The van der Waals surface area contributed by atoms with E-state index < -0.39 is 0 Å². The Bertz CT molecular complexity index is 615. The molecular weight excluding hydrogens is 507 g/mol. The second-order valence-corrected chi connectivity index (χ2v) is 8.64. The van der Waals surface area contributed by atoms with E-state index in [2.05, 4.69) is 65.9 Å². The molecule has 0 fully saturated rings. The van der Waals surface area contributed by atoms with Crippen LogP contribution in [0, 0.1) is 2.88 Å². The number of hydrogen-bond donors (Lipinski definition) is 0. The van der Waals surface area contributed by atoms with Crippen LogP contribution in [-0.2, 0) is 0 Å². The molecule has 2 heterocycles. The van der Waals surface area contributed by atoms with Gasteiger partial charge < -0.3 is 9.47 Å². The Morgan fingerprint density at radius 1 is 1.16 bits per heavy atom. The fourth-order valence-electron chi connectivity index (χ4n) is 1.91. The zero-order valence-corrected chi connectivity index (χ0v) is 15.8. The van der Waals surface area contributed by atoms with Crippen LogP contribution in [0.25, 0.3) is 0 Å². The van der Waals surface area contributed by atoms with Gasteiger partial charge in [-0.15, -0.1) is 11.3 Å². The van der Waals surface area contributed by atoms with Gasteiger partial charge in [0.25, 0.3) is 0 Å². The summed E-state index contributed by atoms with van der Waals surface area (Å²) in [7, 11) is 0. The van der Waals surface area contributed by atoms with Crippen LogP contribution < -0.4 is 9.47 Å². The van der Waals surface area contributed by atoms with Crippen LogP contribution in [-0.4, -0.2) is 13.2 Å². The van der Waals surface area contributed by atoms with Crippen molar-refractivity contribution in [2.75, 3.05) is 13.2 Å². The van der Waals surface area contributed by atoms with Crippen LogP contribution in [0.1, 0.15) is 16.0 Å². The molecule has 100 valence electrons. The highest BCUT2D eigenvalue weighted by molar-refractivity contribution is 14.1. The summed E-state index contributed by atoms with van der Waals surface area (Å²) < 4.78 is 13.5. The molecule has 1 aromatic carbocycles. The minimum atomic E-state index is 0.150. The van der Waals surface area contributed by atoms with Gasteiger partial charge in [-0.3, -0.25) is 0 Å². The average Bonchev–Trinajstić information content (AvgIpc) is 2.84. The summed E-state index contributed by atoms with van der Waals surface area (Å²) in [6.07, 6.45) is 0. The molecule has 0 aliphatic carbocycles. The topological polar surface area (TPSA) is 18.5 Å². The van der Waals surface area contributed by atoms with Crippen LogP contribution in [0.3, 0.4) is 0 Å². The van der Waals surface area contributed by atoms with Gasteiger partial charge in [0, 0.05) is 4.47 Å². The van der Waals surface area contributed by atoms with Crippen LogP contribution in [0.2, 0.25) is 0 Å². The number of halogens is 3. The van der Waals surface area contributed by atoms with Crippen molar-refractivity contribution in [3.05, 3.63) is 42.1 Å². The first kappa shape index (κ1) is 14.2. The molecule has 1 atom stereocenters. The first-order valence-corrected chi connectivity index (χ1v) is 9.29. The zero-order chi connectivity index (χ0) is 13.4. The molecule has 0 saturated carbocycles. The highest BCUT2D eigenvalue weighted by Gasteiger charge is 2.20. The molecule has 1 unspecified atom stereocenters. The number of fused-ring (bicyclic) bond motifs is 1. The van der Waals surface area contributed by atoms with Crippen LogP contribution >= 0.6 is 65.8 Å². The van der Waals surface area contributed by atoms with Gasteiger partial charge in [0.05, 0.1) is 7.71 Å². The molecule has 2 aromatic rings. The molecule has 0 radical (unpaired) electrons. The summed E-state index contributed by atoms with van der Waals surface area (Å²) in [5.74, 6) is 1.63. The largest absolute Gasteiger partial charge is 0.486 e. The maximum Gasteiger partial charge on any atom is 0.162 e. The van der Waals surface area contributed by atoms with Crippen molar-refractivity contribution < 1.29 is 9.47 Å². The Labute approximate surface area is 145 Å². The van der Waals surface area contributed by atoms with Gasteiger partial charge in [-0.1, -0.05) is 31.9 Å². The van der Waals surface area contributed by atoms with E-state index in [9.17, 15) is 0 Å². The Hall–Kier alpha value is 0.210. The predicted octanol–water partition coefficient (Wildman–Crippen LogP) is 5.37. The van der Waals surface area contributed by atoms with E-state index in [1.54, 1.807) is 11.3 Å². The minimum Gasteiger partial charge on any atom is -0.486 e. The van der Waals surface area contributed by atoms with E-state index >= 15 is 0 Å². The molecule has 0 saturated heterocycles. The van der Waals surface area contributed by atoms with Gasteiger partial charge in [0.15, 0.2) is 11.5 Å². The molecule has 6 heteroatoms. The number of thiophene rings is 1. The van der Waals surface area contributed by atoms with E-state index in [0.717, 1.165) is 21.5 Å². The summed E-state index contributed by atoms with van der Waals surface area (Å²) >= 11 is 11.5. The van der Waals surface area contributed by atoms with Gasteiger partial charge in [-0.05, 0) is 57.3 Å². The van der Waals surface area contributed by atoms with E-state index in [0.29, 0.717) is 13.2 Å². The summed E-state index contributed by atoms with van der Waals surface area (Å²) in [5, 5.41) is 2.17. The molecule has 1 aliphatic heterocycles. The Kier molecular flexibility index (Phi) is 4.40. The second kappa shape index (κ2) is 5.91. The molecule has 3 rings (SSSR count). The normalized spacial score (nSPS) is 15.3. The third kappa shape index (κ3) is 2.96. The fourth-order valence-corrected chi connectivity index (χ4v) is 4.98. The Balaban J connectivity index is 2.00. The van der Waals surface area contributed by atoms with E-state index in [-0.39, 0.29) is 4.83 Å². The smallest absolute Gasteiger partial charge is 0.162 e. The van der Waals surface area contributed by atoms with Gasteiger partial charge in [-0.25, -0.2) is 0 Å². The molecule has 1 aliphatic rings. The highest BCUT2D eigenvalue weighted by atomic mass is 127. The highest BCUT2D eigenvalue weighted by Crippen LogP contribution is 2.43. The molecule has 19 heavy (non-hydrogen) atoms. The third-order valence-electron chi connectivity index (χ3n) is 2.81. The summed E-state index contributed by atoms with van der Waals surface area (Å²) in [6.45, 7) is 1.22. The van der Waals surface area contributed by atoms with Crippen molar-refractivity contribution >= 4 is 65.8 Å². The Morgan fingerprint density at radius 2 is 1.84 bits per heavy atom. The number of alkyl halides is 1. The maximum atomic E-state index is 5.64. The lowest BCUT2D eigenvalue weighted by molar-refractivity contribution is 0.171. The first-order valence-electron chi connectivity index (χ1n) is 5.62. The van der Waals surface area contributed by atoms with Crippen molar-refractivity contribution in [1.82, 2.24) is 0 Å². The summed E-state index contributed by atoms with van der Waals surface area (Å²) in [4.78, 5) is 0.150. The number of rotatable bonds is 2. The molecule has 0 N–H and O–H groups in total. The monoisotopic (exact) mass is 514 g/mol. The SMILES string of the molecule is Brc1cc2c(cc1C(Br)c1csc(I)c1)OCCO2. The van der Waals surface area contributed by atoms with Crippen molar-refractivity contribution in [1.29, 1.82) is 0 Å². The van der Waals surface area contributed by atoms with Crippen molar-refractivity contribution in [2.24, 2.45) is 0 Å². The van der Waals surface area contributed by atoms with Crippen LogP contribution in [0.5, 0.6) is 11.5 Å². The van der Waals surface area contributed by atoms with Crippen molar-refractivity contribution in [2.45, 2.75) is 4.83 Å². The standard InChI is InChI=1S/C13H9Br2IO2S/c14-9-5-11-10(17-1-2-18-11)4-8(9)13(15)7-3-12(16)19-6-7/h3-6,13H,1-2H2. The van der Waals surface area contributed by atoms with Gasteiger partial charge in [0.2, 0.25) is 0 Å². The lowest BCUT2D eigenvalue weighted by Gasteiger charge is -2.21. The van der Waals surface area contributed by atoms with Gasteiger partial charge in [0.1, 0.15) is 13.2 Å². The fraction of sp³-hybridized carbons (Fsp3) is 0.231. The van der Waals surface area contributed by atoms with E-state index in [4.69, 9.17) is 9.47 Å². The van der Waals surface area contributed by atoms with Gasteiger partial charge in [-0.2, -0.15) is 0 Å². The lowest BCUT2D eigenvalue weighted by atomic mass is 10.1. The minimum absolute atomic E-state index is 0.150. The van der Waals surface area contributed by atoms with E-state index in [1.165, 1.54) is 8.45 Å². The molecular formula is C13H9Br2IO2S. The number of benzene rings is 1. The first-order chi connectivity index (χ1) is 9.15. The lowest BCUT2D eigenvalue weighted by Crippen LogP contribution is -2.15. The third-order valence-corrected chi connectivity index (χ3v) is 6.33. The molecule has 2 nitrogen and oxygen atoms in total. The molecule has 0 spiro atoms. The maximum absolute atomic E-state index is 5.64. The molecule has 0 bridgehead atoms. The van der Waals surface area contributed by atoms with Crippen LogP contribution in [0.15, 0.2) is 28.1 Å². The summed E-state index contributed by atoms with van der Waals surface area (Å²) in [5.41, 5.74) is 2.41. The van der Waals surface area contributed by atoms with Gasteiger partial charge >= 0.3 is 0 Å². The number of hydrogen-bond acceptors (Lipinski definition) is 3.